The number of amides is 3. The number of nitrogens with one attached hydrogen (secondary N) is 2. The van der Waals surface area contributed by atoms with Gasteiger partial charge in [0.1, 0.15) is 17.0 Å². The lowest BCUT2D eigenvalue weighted by Gasteiger charge is -2.43. The van der Waals surface area contributed by atoms with Crippen molar-refractivity contribution in [2.75, 3.05) is 58.4 Å². The average Bonchev–Trinajstić information content (AvgIpc) is 3.56. The number of fused-ring (bicyclic) bond motifs is 3. The van der Waals surface area contributed by atoms with E-state index in [4.69, 9.17) is 23.7 Å². The van der Waals surface area contributed by atoms with Gasteiger partial charge in [-0.15, -0.1) is 0 Å². The van der Waals surface area contributed by atoms with Gasteiger partial charge in [-0.25, -0.2) is 24.2 Å². The van der Waals surface area contributed by atoms with E-state index in [-0.39, 0.29) is 32.4 Å². The summed E-state index contributed by atoms with van der Waals surface area (Å²) in [5.41, 5.74) is 2.33. The van der Waals surface area contributed by atoms with Crippen molar-refractivity contribution in [1.82, 2.24) is 25.0 Å². The lowest BCUT2D eigenvalue weighted by atomic mass is 9.83. The number of carboxylic acid groups (broad SMARTS) is 1. The van der Waals surface area contributed by atoms with Crippen LogP contribution in [0.5, 0.6) is 0 Å². The highest BCUT2D eigenvalue weighted by atomic mass is 16.6. The first-order valence-electron chi connectivity index (χ1n) is 17.1. The zero-order chi connectivity index (χ0) is 37.5. The van der Waals surface area contributed by atoms with Crippen molar-refractivity contribution in [3.63, 3.8) is 0 Å². The highest BCUT2D eigenvalue weighted by Gasteiger charge is 2.46. The number of benzene rings is 1. The second kappa shape index (κ2) is 16.4. The largest absolute Gasteiger partial charge is 0.478 e. The number of H-pyrrole nitrogens is 1. The zero-order valence-corrected chi connectivity index (χ0v) is 30.1. The van der Waals surface area contributed by atoms with Gasteiger partial charge in [-0.05, 0) is 56.5 Å². The molecule has 16 heteroatoms. The summed E-state index contributed by atoms with van der Waals surface area (Å²) in [6.07, 6.45) is 4.31. The van der Waals surface area contributed by atoms with Crippen LogP contribution in [0.1, 0.15) is 55.9 Å². The molecule has 0 bridgehead atoms. The number of hydrogen-bond donors (Lipinski definition) is 3. The van der Waals surface area contributed by atoms with Crippen molar-refractivity contribution in [3.8, 4) is 0 Å². The van der Waals surface area contributed by atoms with Gasteiger partial charge in [0.2, 0.25) is 6.10 Å². The van der Waals surface area contributed by atoms with Gasteiger partial charge in [0, 0.05) is 63.1 Å². The molecule has 16 nitrogen and oxygen atoms in total. The number of carbonyl (C=O) groups excluding carboxylic acids is 3. The first-order valence-corrected chi connectivity index (χ1v) is 17.1. The van der Waals surface area contributed by atoms with Crippen LogP contribution in [0.4, 0.5) is 20.2 Å². The molecule has 280 valence electrons. The Hall–Kier alpha value is -5.22. The van der Waals surface area contributed by atoms with Gasteiger partial charge in [-0.1, -0.05) is 18.2 Å². The number of piperidine rings is 1. The van der Waals surface area contributed by atoms with Crippen molar-refractivity contribution >= 4 is 47.0 Å². The van der Waals surface area contributed by atoms with Gasteiger partial charge in [-0.2, -0.15) is 5.10 Å². The second-order valence-electron chi connectivity index (χ2n) is 13.8. The maximum absolute atomic E-state index is 13.2. The van der Waals surface area contributed by atoms with Crippen LogP contribution in [0.15, 0.2) is 36.7 Å². The van der Waals surface area contributed by atoms with Crippen molar-refractivity contribution in [2.24, 2.45) is 0 Å². The summed E-state index contributed by atoms with van der Waals surface area (Å²) in [5, 5.41) is 20.3. The number of carbonyl (C=O) groups is 4. The Bertz CT molecular complexity index is 1790. The van der Waals surface area contributed by atoms with Crippen LogP contribution >= 0.6 is 0 Å². The van der Waals surface area contributed by atoms with E-state index in [0.717, 1.165) is 22.0 Å². The Morgan fingerprint density at radius 3 is 2.60 bits per heavy atom. The standard InChI is InChI=1S/C36H46N6O10/c1-23-17-25(18-26-22-38-40-29(23)26)20-28(31(43)44)50-34(47)42-10-8-36(9-11-42)27-19-24(21-37-30(27)39-32(45)51-36)7-6-13-48-15-16-49-14-12-41(5)33(46)52-35(2,3)4/h6-7,17-19,21-22,28H,8-16,20H2,1-5H3,(H,38,40)(H,43,44)(H,37,39,45). The molecule has 1 unspecified atom stereocenters. The van der Waals surface area contributed by atoms with Gasteiger partial charge in [0.25, 0.3) is 0 Å². The molecule has 0 saturated carbocycles. The highest BCUT2D eigenvalue weighted by molar-refractivity contribution is 5.88. The summed E-state index contributed by atoms with van der Waals surface area (Å²) in [7, 11) is 1.65. The normalized spacial score (nSPS) is 15.9. The van der Waals surface area contributed by atoms with Crippen molar-refractivity contribution in [1.29, 1.82) is 0 Å². The van der Waals surface area contributed by atoms with Gasteiger partial charge in [0.05, 0.1) is 38.1 Å². The molecule has 1 aromatic carbocycles. The van der Waals surface area contributed by atoms with E-state index >= 15 is 0 Å². The fourth-order valence-corrected chi connectivity index (χ4v) is 6.00. The third kappa shape index (κ3) is 9.76. The summed E-state index contributed by atoms with van der Waals surface area (Å²) in [6.45, 7) is 9.46. The number of hydrogen-bond acceptors (Lipinski definition) is 11. The number of aromatic nitrogens is 3. The molecular formula is C36H46N6O10. The first kappa shape index (κ1) is 38.0. The second-order valence-corrected chi connectivity index (χ2v) is 13.8. The Balaban J connectivity index is 1.10. The number of rotatable bonds is 13. The molecule has 2 aromatic heterocycles. The minimum absolute atomic E-state index is 0.00650. The monoisotopic (exact) mass is 722 g/mol. The Labute approximate surface area is 301 Å². The summed E-state index contributed by atoms with van der Waals surface area (Å²) in [6, 6.07) is 5.55. The molecule has 1 spiro atoms. The van der Waals surface area contributed by atoms with E-state index < -0.39 is 41.6 Å². The predicted molar refractivity (Wildman–Crippen MR) is 189 cm³/mol. The molecule has 3 aromatic rings. The SMILES string of the molecule is Cc1cc(CC(OC(=O)N2CCC3(CC2)OC(=O)Nc2ncc(C=CCOCCOCCN(C)C(=O)OC(C)(C)C)cc23)C(=O)O)cc2cn[nH]c12. The van der Waals surface area contributed by atoms with Gasteiger partial charge in [-0.3, -0.25) is 10.4 Å². The maximum atomic E-state index is 13.2. The summed E-state index contributed by atoms with van der Waals surface area (Å²) in [5.74, 6) is -0.871. The quantitative estimate of drug-likeness (QED) is 0.160. The van der Waals surface area contributed by atoms with Crippen molar-refractivity contribution in [3.05, 3.63) is 58.9 Å². The third-order valence-corrected chi connectivity index (χ3v) is 8.66. The van der Waals surface area contributed by atoms with Crippen LogP contribution in [0, 0.1) is 6.92 Å². The van der Waals surface area contributed by atoms with Gasteiger partial charge < -0.3 is 38.6 Å². The zero-order valence-electron chi connectivity index (χ0n) is 30.1. The van der Waals surface area contributed by atoms with Crippen molar-refractivity contribution < 1.29 is 48.0 Å². The fourth-order valence-electron chi connectivity index (χ4n) is 6.00. The molecule has 0 aliphatic carbocycles. The first-order chi connectivity index (χ1) is 24.7. The van der Waals surface area contributed by atoms with E-state index in [1.54, 1.807) is 19.4 Å². The van der Waals surface area contributed by atoms with E-state index in [0.29, 0.717) is 49.9 Å². The van der Waals surface area contributed by atoms with Crippen LogP contribution in [-0.2, 0) is 40.5 Å². The molecule has 3 amide bonds. The van der Waals surface area contributed by atoms with E-state index in [1.807, 2.05) is 58.0 Å². The Kier molecular flexibility index (Phi) is 12.0. The van der Waals surface area contributed by atoms with Gasteiger partial charge >= 0.3 is 24.2 Å². The van der Waals surface area contributed by atoms with Gasteiger partial charge in [0.15, 0.2) is 0 Å². The summed E-state index contributed by atoms with van der Waals surface area (Å²) in [4.78, 5) is 57.1. The molecule has 1 saturated heterocycles. The number of likely N-dealkylation sites (N-methyl/N-ethyl adjacent to an activating group) is 1. The molecule has 52 heavy (non-hydrogen) atoms. The number of aliphatic carboxylic acids is 1. The van der Waals surface area contributed by atoms with Crippen molar-refractivity contribution in [2.45, 2.75) is 64.3 Å². The number of aryl methyl sites for hydroxylation is 1. The maximum Gasteiger partial charge on any atom is 0.413 e. The smallest absolute Gasteiger partial charge is 0.413 e. The average molecular weight is 723 g/mol. The minimum Gasteiger partial charge on any atom is -0.478 e. The van der Waals surface area contributed by atoms with Crippen LogP contribution in [0.2, 0.25) is 0 Å². The minimum atomic E-state index is -1.39. The number of likely N-dealkylation sites (tertiary alicyclic amines) is 1. The number of pyridine rings is 1. The number of carboxylic acids is 1. The topological polar surface area (TPSA) is 195 Å². The number of nitrogens with zero attached hydrogens (tertiary/aromatic N) is 4. The molecular weight excluding hydrogens is 676 g/mol. The molecule has 1 atom stereocenters. The number of ether oxygens (including phenoxy) is 5. The number of aromatic amines is 1. The molecule has 2 aliphatic heterocycles. The van der Waals surface area contributed by atoms with Crippen LogP contribution in [-0.4, -0.2) is 119 Å². The highest BCUT2D eigenvalue weighted by Crippen LogP contribution is 2.43. The lowest BCUT2D eigenvalue weighted by Crippen LogP contribution is -2.50. The van der Waals surface area contributed by atoms with Crippen LogP contribution in [0.25, 0.3) is 17.0 Å². The molecule has 4 heterocycles. The van der Waals surface area contributed by atoms with E-state index in [1.165, 1.54) is 9.80 Å². The summed E-state index contributed by atoms with van der Waals surface area (Å²) >= 11 is 0. The van der Waals surface area contributed by atoms with Crippen LogP contribution < -0.4 is 5.32 Å². The van der Waals surface area contributed by atoms with E-state index in [9.17, 15) is 24.3 Å². The Morgan fingerprint density at radius 2 is 1.87 bits per heavy atom. The molecule has 3 N–H and O–H groups in total. The molecule has 1 fully saturated rings. The molecule has 5 rings (SSSR count). The summed E-state index contributed by atoms with van der Waals surface area (Å²) < 4.78 is 27.8. The predicted octanol–water partition coefficient (Wildman–Crippen LogP) is 4.87. The molecule has 0 radical (unpaired) electrons. The third-order valence-electron chi connectivity index (χ3n) is 8.66. The molecule has 2 aliphatic rings. The Morgan fingerprint density at radius 1 is 1.12 bits per heavy atom. The van der Waals surface area contributed by atoms with E-state index in [2.05, 4.69) is 20.5 Å². The fraction of sp³-hybridized carbons (Fsp3) is 0.500. The number of anilines is 1. The lowest BCUT2D eigenvalue weighted by molar-refractivity contribution is -0.147. The van der Waals surface area contributed by atoms with Crippen LogP contribution in [0.3, 0.4) is 0 Å².